The normalized spacial score (nSPS) is 27.2. The number of fused-ring (bicyclic) bond motifs is 1. The van der Waals surface area contributed by atoms with Crippen molar-refractivity contribution in [1.82, 2.24) is 0 Å². The fourth-order valence-corrected chi connectivity index (χ4v) is 1.98. The average molecular weight is 158 g/mol. The Bertz CT molecular complexity index is 311. The van der Waals surface area contributed by atoms with Crippen molar-refractivity contribution in [2.75, 3.05) is 0 Å². The van der Waals surface area contributed by atoms with E-state index in [2.05, 4.69) is 44.2 Å². The molecule has 12 heavy (non-hydrogen) atoms. The van der Waals surface area contributed by atoms with E-state index in [1.807, 2.05) is 0 Å². The van der Waals surface area contributed by atoms with Gasteiger partial charge in [-0.2, -0.15) is 0 Å². The van der Waals surface area contributed by atoms with Gasteiger partial charge in [0.25, 0.3) is 0 Å². The van der Waals surface area contributed by atoms with Crippen molar-refractivity contribution in [1.29, 1.82) is 0 Å². The van der Waals surface area contributed by atoms with Gasteiger partial charge >= 0.3 is 0 Å². The van der Waals surface area contributed by atoms with Crippen LogP contribution in [0, 0.1) is 5.92 Å². The standard InChI is InChI=1S/C12H14/c1-9-5-3-4-6-11-10(2)7-8-12(9)11/h3-7,12H,8H2,1-2H3/t12-/m0/s1. The molecule has 0 heterocycles. The highest BCUT2D eigenvalue weighted by Crippen LogP contribution is 2.36. The average Bonchev–Trinajstić information content (AvgIpc) is 2.30. The van der Waals surface area contributed by atoms with Gasteiger partial charge in [-0.15, -0.1) is 0 Å². The second kappa shape index (κ2) is 2.78. The van der Waals surface area contributed by atoms with Crippen LogP contribution in [0.3, 0.4) is 0 Å². The topological polar surface area (TPSA) is 0 Å². The van der Waals surface area contributed by atoms with E-state index in [1.165, 1.54) is 23.1 Å². The monoisotopic (exact) mass is 158 g/mol. The first-order chi connectivity index (χ1) is 5.79. The second-order valence-corrected chi connectivity index (χ2v) is 3.59. The summed E-state index contributed by atoms with van der Waals surface area (Å²) in [7, 11) is 0. The first-order valence-corrected chi connectivity index (χ1v) is 4.51. The summed E-state index contributed by atoms with van der Waals surface area (Å²) in [6.45, 7) is 4.43. The quantitative estimate of drug-likeness (QED) is 0.507. The van der Waals surface area contributed by atoms with Crippen LogP contribution in [0.4, 0.5) is 0 Å². The summed E-state index contributed by atoms with van der Waals surface area (Å²) in [6.07, 6.45) is 12.3. The Hall–Kier alpha value is -1.04. The molecule has 0 unspecified atom stereocenters. The van der Waals surface area contributed by atoms with Crippen molar-refractivity contribution in [2.24, 2.45) is 5.92 Å². The van der Waals surface area contributed by atoms with Crippen LogP contribution < -0.4 is 0 Å². The van der Waals surface area contributed by atoms with Crippen LogP contribution in [0.25, 0.3) is 0 Å². The number of hydrogen-bond acceptors (Lipinski definition) is 0. The lowest BCUT2D eigenvalue weighted by molar-refractivity contribution is 0.772. The minimum Gasteiger partial charge on any atom is -0.0804 e. The summed E-state index contributed by atoms with van der Waals surface area (Å²) in [5.41, 5.74) is 4.46. The zero-order valence-corrected chi connectivity index (χ0v) is 7.67. The van der Waals surface area contributed by atoms with Crippen LogP contribution in [-0.2, 0) is 0 Å². The number of rotatable bonds is 0. The predicted molar refractivity (Wildman–Crippen MR) is 52.8 cm³/mol. The van der Waals surface area contributed by atoms with Crippen molar-refractivity contribution in [3.63, 3.8) is 0 Å². The van der Waals surface area contributed by atoms with E-state index in [0.717, 1.165) is 0 Å². The first kappa shape index (κ1) is 7.60. The molecule has 0 bridgehead atoms. The van der Waals surface area contributed by atoms with Gasteiger partial charge in [0.15, 0.2) is 0 Å². The number of allylic oxidation sites excluding steroid dienone is 8. The maximum Gasteiger partial charge on any atom is 0.00857 e. The van der Waals surface area contributed by atoms with E-state index in [4.69, 9.17) is 0 Å². The number of hydrogen-bond donors (Lipinski definition) is 0. The van der Waals surface area contributed by atoms with Gasteiger partial charge in [-0.1, -0.05) is 41.5 Å². The van der Waals surface area contributed by atoms with E-state index in [1.54, 1.807) is 0 Å². The van der Waals surface area contributed by atoms with E-state index in [0.29, 0.717) is 5.92 Å². The van der Waals surface area contributed by atoms with E-state index in [9.17, 15) is 0 Å². The summed E-state index contributed by atoms with van der Waals surface area (Å²) >= 11 is 0. The molecule has 0 spiro atoms. The molecule has 2 aliphatic rings. The summed E-state index contributed by atoms with van der Waals surface area (Å²) in [4.78, 5) is 0. The Morgan fingerprint density at radius 3 is 2.75 bits per heavy atom. The molecule has 0 saturated carbocycles. The summed E-state index contributed by atoms with van der Waals surface area (Å²) in [5, 5.41) is 0. The van der Waals surface area contributed by atoms with Gasteiger partial charge in [0.1, 0.15) is 0 Å². The highest BCUT2D eigenvalue weighted by atomic mass is 14.3. The molecule has 0 aromatic rings. The Morgan fingerprint density at radius 2 is 1.92 bits per heavy atom. The third-order valence-corrected chi connectivity index (χ3v) is 2.79. The fourth-order valence-electron chi connectivity index (χ4n) is 1.98. The van der Waals surface area contributed by atoms with Gasteiger partial charge in [0, 0.05) is 5.92 Å². The third kappa shape index (κ3) is 1.08. The maximum atomic E-state index is 2.34. The summed E-state index contributed by atoms with van der Waals surface area (Å²) in [5.74, 6) is 0.667. The lowest BCUT2D eigenvalue weighted by Gasteiger charge is -2.12. The Labute approximate surface area is 74.0 Å². The van der Waals surface area contributed by atoms with Crippen LogP contribution in [0.2, 0.25) is 0 Å². The molecular weight excluding hydrogens is 144 g/mol. The molecule has 62 valence electrons. The molecule has 0 radical (unpaired) electrons. The molecular formula is C12H14. The van der Waals surface area contributed by atoms with E-state index in [-0.39, 0.29) is 0 Å². The Morgan fingerprint density at radius 1 is 1.17 bits per heavy atom. The van der Waals surface area contributed by atoms with Crippen molar-refractivity contribution in [3.8, 4) is 0 Å². The molecule has 1 atom stereocenters. The first-order valence-electron chi connectivity index (χ1n) is 4.51. The van der Waals surface area contributed by atoms with Crippen LogP contribution in [-0.4, -0.2) is 0 Å². The minimum absolute atomic E-state index is 0.667. The smallest absolute Gasteiger partial charge is 0.00857 e. The van der Waals surface area contributed by atoms with Crippen LogP contribution in [0.5, 0.6) is 0 Å². The zero-order chi connectivity index (χ0) is 8.55. The van der Waals surface area contributed by atoms with Gasteiger partial charge in [0.05, 0.1) is 0 Å². The zero-order valence-electron chi connectivity index (χ0n) is 7.67. The van der Waals surface area contributed by atoms with Crippen molar-refractivity contribution in [3.05, 3.63) is 47.1 Å². The lowest BCUT2D eigenvalue weighted by atomic mass is 9.92. The van der Waals surface area contributed by atoms with Crippen LogP contribution in [0.1, 0.15) is 20.3 Å². The molecule has 0 fully saturated rings. The molecule has 2 rings (SSSR count). The second-order valence-electron chi connectivity index (χ2n) is 3.59. The van der Waals surface area contributed by atoms with Gasteiger partial charge in [0.2, 0.25) is 0 Å². The van der Waals surface area contributed by atoms with Gasteiger partial charge < -0.3 is 0 Å². The third-order valence-electron chi connectivity index (χ3n) is 2.79. The summed E-state index contributed by atoms with van der Waals surface area (Å²) < 4.78 is 0. The highest BCUT2D eigenvalue weighted by Gasteiger charge is 2.21. The lowest BCUT2D eigenvalue weighted by Crippen LogP contribution is -1.99. The predicted octanol–water partition coefficient (Wildman–Crippen LogP) is 3.40. The molecule has 0 saturated heterocycles. The molecule has 0 nitrogen and oxygen atoms in total. The molecule has 2 aliphatic carbocycles. The van der Waals surface area contributed by atoms with Crippen LogP contribution in [0.15, 0.2) is 47.1 Å². The molecule has 0 aromatic heterocycles. The van der Waals surface area contributed by atoms with Crippen molar-refractivity contribution >= 4 is 0 Å². The van der Waals surface area contributed by atoms with E-state index >= 15 is 0 Å². The summed E-state index contributed by atoms with van der Waals surface area (Å²) in [6, 6.07) is 0. The minimum atomic E-state index is 0.667. The molecule has 0 aliphatic heterocycles. The SMILES string of the molecule is CC1=CC[C@H]2C(C)=CC=CC=C12. The maximum absolute atomic E-state index is 2.34. The van der Waals surface area contributed by atoms with Crippen molar-refractivity contribution in [2.45, 2.75) is 20.3 Å². The highest BCUT2D eigenvalue weighted by molar-refractivity contribution is 5.46. The molecule has 0 heteroatoms. The Kier molecular flexibility index (Phi) is 1.76. The largest absolute Gasteiger partial charge is 0.0804 e. The van der Waals surface area contributed by atoms with Gasteiger partial charge in [-0.25, -0.2) is 0 Å². The molecule has 0 aromatic carbocycles. The molecule has 0 N–H and O–H groups in total. The van der Waals surface area contributed by atoms with E-state index < -0.39 is 0 Å². The van der Waals surface area contributed by atoms with Gasteiger partial charge in [-0.3, -0.25) is 0 Å². The van der Waals surface area contributed by atoms with Crippen molar-refractivity contribution < 1.29 is 0 Å². The fraction of sp³-hybridized carbons (Fsp3) is 0.333. The van der Waals surface area contributed by atoms with Gasteiger partial charge in [-0.05, 0) is 25.8 Å². The van der Waals surface area contributed by atoms with Crippen LogP contribution >= 0.6 is 0 Å². The Balaban J connectivity index is 2.42. The molecule has 0 amide bonds.